The van der Waals surface area contributed by atoms with Crippen LogP contribution in [0.25, 0.3) is 0 Å². The fourth-order valence-electron chi connectivity index (χ4n) is 3.31. The number of ether oxygens (including phenoxy) is 1. The standard InChI is InChI=1S/C22H27N3O5.Na/c1-2-30-25(19-8-4-3-5-9-19)22(28)29-16-15-23-11-13-24(14-12-23)20-10-6-7-18(17-20)21(26)27;/h3-10,17H,2,11-16H2,1H3,(H,26,27);/q;+1/p-1. The van der Waals surface area contributed by atoms with E-state index in [-0.39, 0.29) is 41.7 Å². The van der Waals surface area contributed by atoms with Crippen molar-refractivity contribution >= 4 is 23.4 Å². The van der Waals surface area contributed by atoms with Crippen LogP contribution in [0.3, 0.4) is 0 Å². The number of rotatable bonds is 8. The van der Waals surface area contributed by atoms with E-state index in [0.29, 0.717) is 18.8 Å². The number of hydrogen-bond acceptors (Lipinski definition) is 7. The average Bonchev–Trinajstić information content (AvgIpc) is 2.78. The minimum Gasteiger partial charge on any atom is -0.545 e. The largest absolute Gasteiger partial charge is 1.00 e. The van der Waals surface area contributed by atoms with Gasteiger partial charge in [0.05, 0.1) is 18.3 Å². The number of anilines is 2. The topological polar surface area (TPSA) is 85.4 Å². The van der Waals surface area contributed by atoms with Crippen molar-refractivity contribution in [2.75, 3.05) is 55.9 Å². The molecule has 1 amide bonds. The first kappa shape index (κ1) is 25.2. The summed E-state index contributed by atoms with van der Waals surface area (Å²) in [5, 5.41) is 12.2. The van der Waals surface area contributed by atoms with E-state index in [2.05, 4.69) is 9.80 Å². The van der Waals surface area contributed by atoms with Gasteiger partial charge in [-0.15, -0.1) is 0 Å². The SMILES string of the molecule is CCON(C(=O)OCCN1CCN(c2cccc(C(=O)[O-])c2)CC1)c1ccccc1.[Na+]. The van der Waals surface area contributed by atoms with Crippen molar-refractivity contribution in [3.8, 4) is 0 Å². The first-order valence-corrected chi connectivity index (χ1v) is 10.0. The number of carboxylic acids is 1. The third-order valence-electron chi connectivity index (χ3n) is 4.87. The van der Waals surface area contributed by atoms with Gasteiger partial charge in [-0.3, -0.25) is 9.74 Å². The molecule has 1 fully saturated rings. The molecule has 0 bridgehead atoms. The Morgan fingerprint density at radius 2 is 1.74 bits per heavy atom. The molecule has 0 spiro atoms. The third-order valence-corrected chi connectivity index (χ3v) is 4.87. The van der Waals surface area contributed by atoms with Gasteiger partial charge >= 0.3 is 35.7 Å². The number of carboxylic acid groups (broad SMARTS) is 1. The van der Waals surface area contributed by atoms with Crippen molar-refractivity contribution in [2.24, 2.45) is 0 Å². The van der Waals surface area contributed by atoms with E-state index in [9.17, 15) is 14.7 Å². The number of hydroxylamine groups is 1. The van der Waals surface area contributed by atoms with Crippen LogP contribution < -0.4 is 44.6 Å². The van der Waals surface area contributed by atoms with E-state index in [0.717, 1.165) is 31.9 Å². The second kappa shape index (κ2) is 12.7. The van der Waals surface area contributed by atoms with E-state index >= 15 is 0 Å². The van der Waals surface area contributed by atoms with Crippen molar-refractivity contribution < 1.29 is 53.8 Å². The van der Waals surface area contributed by atoms with Crippen LogP contribution in [-0.4, -0.2) is 62.9 Å². The summed E-state index contributed by atoms with van der Waals surface area (Å²) in [7, 11) is 0. The molecule has 31 heavy (non-hydrogen) atoms. The zero-order chi connectivity index (χ0) is 21.3. The van der Waals surface area contributed by atoms with Crippen molar-refractivity contribution in [3.05, 3.63) is 60.2 Å². The van der Waals surface area contributed by atoms with Crippen molar-refractivity contribution in [3.63, 3.8) is 0 Å². The van der Waals surface area contributed by atoms with Crippen LogP contribution >= 0.6 is 0 Å². The van der Waals surface area contributed by atoms with Crippen molar-refractivity contribution in [1.29, 1.82) is 0 Å². The van der Waals surface area contributed by atoms with E-state index in [1.165, 1.54) is 11.1 Å². The Balaban J connectivity index is 0.00000341. The fraction of sp³-hybridized carbons (Fsp3) is 0.364. The monoisotopic (exact) mass is 435 g/mol. The number of carbonyl (C=O) groups is 2. The number of carbonyl (C=O) groups excluding carboxylic acids is 2. The molecule has 8 nitrogen and oxygen atoms in total. The summed E-state index contributed by atoms with van der Waals surface area (Å²) in [4.78, 5) is 33.2. The van der Waals surface area contributed by atoms with E-state index in [1.54, 1.807) is 24.3 Å². The van der Waals surface area contributed by atoms with Gasteiger partial charge in [-0.1, -0.05) is 30.3 Å². The molecule has 3 rings (SSSR count). The maximum absolute atomic E-state index is 12.4. The summed E-state index contributed by atoms with van der Waals surface area (Å²) >= 11 is 0. The summed E-state index contributed by atoms with van der Waals surface area (Å²) in [6.45, 7) is 6.15. The molecule has 1 aliphatic heterocycles. The van der Waals surface area contributed by atoms with Crippen LogP contribution in [0.2, 0.25) is 0 Å². The summed E-state index contributed by atoms with van der Waals surface area (Å²) in [5.41, 5.74) is 1.67. The summed E-state index contributed by atoms with van der Waals surface area (Å²) in [6.07, 6.45) is -0.541. The molecule has 0 aliphatic carbocycles. The Bertz CT molecular complexity index is 844. The van der Waals surface area contributed by atoms with Gasteiger partial charge in [0, 0.05) is 38.4 Å². The van der Waals surface area contributed by atoms with Crippen LogP contribution in [0.4, 0.5) is 16.2 Å². The van der Waals surface area contributed by atoms with Crippen LogP contribution in [-0.2, 0) is 9.57 Å². The molecule has 0 unspecified atom stereocenters. The molecule has 0 radical (unpaired) electrons. The Labute approximate surface area is 204 Å². The molecular formula is C22H26N3NaO5. The fourth-order valence-corrected chi connectivity index (χ4v) is 3.31. The number of para-hydroxylation sites is 1. The maximum atomic E-state index is 12.4. The zero-order valence-electron chi connectivity index (χ0n) is 18.0. The molecule has 1 aliphatic rings. The van der Waals surface area contributed by atoms with Crippen LogP contribution in [0.15, 0.2) is 54.6 Å². The van der Waals surface area contributed by atoms with Gasteiger partial charge in [-0.05, 0) is 36.8 Å². The summed E-state index contributed by atoms with van der Waals surface area (Å²) in [5.74, 6) is -1.17. The molecule has 0 atom stereocenters. The third kappa shape index (κ3) is 7.22. The number of amides is 1. The predicted octanol–water partition coefficient (Wildman–Crippen LogP) is -1.23. The second-order valence-electron chi connectivity index (χ2n) is 6.83. The van der Waals surface area contributed by atoms with Gasteiger partial charge in [-0.2, -0.15) is 5.06 Å². The molecule has 2 aromatic carbocycles. The number of piperazine rings is 1. The first-order chi connectivity index (χ1) is 14.6. The molecule has 1 saturated heterocycles. The van der Waals surface area contributed by atoms with Crippen molar-refractivity contribution in [1.82, 2.24) is 4.90 Å². The number of nitrogens with zero attached hydrogens (tertiary/aromatic N) is 3. The van der Waals surface area contributed by atoms with Crippen LogP contribution in [0.1, 0.15) is 17.3 Å². The molecule has 0 saturated carbocycles. The minimum atomic E-state index is -1.17. The molecular weight excluding hydrogens is 409 g/mol. The van der Waals surface area contributed by atoms with Crippen LogP contribution in [0, 0.1) is 0 Å². The number of hydrogen-bond donors (Lipinski definition) is 0. The van der Waals surface area contributed by atoms with Gasteiger partial charge in [0.2, 0.25) is 0 Å². The average molecular weight is 435 g/mol. The van der Waals surface area contributed by atoms with Gasteiger partial charge in [-0.25, -0.2) is 4.79 Å². The molecule has 1 heterocycles. The quantitative estimate of drug-likeness (QED) is 0.379. The Morgan fingerprint density at radius 1 is 1.03 bits per heavy atom. The van der Waals surface area contributed by atoms with E-state index in [4.69, 9.17) is 9.57 Å². The van der Waals surface area contributed by atoms with Gasteiger partial charge in [0.1, 0.15) is 6.61 Å². The molecule has 9 heteroatoms. The Kier molecular flexibility index (Phi) is 10.3. The zero-order valence-corrected chi connectivity index (χ0v) is 20.0. The van der Waals surface area contributed by atoms with E-state index in [1.807, 2.05) is 31.2 Å². The summed E-state index contributed by atoms with van der Waals surface area (Å²) in [6, 6.07) is 15.9. The molecule has 2 aromatic rings. The number of aromatic carboxylic acids is 1. The molecule has 0 aromatic heterocycles. The Hall–Kier alpha value is -2.10. The van der Waals surface area contributed by atoms with Gasteiger partial charge in [0.15, 0.2) is 0 Å². The minimum absolute atomic E-state index is 0. The smallest absolute Gasteiger partial charge is 0.545 e. The number of benzene rings is 2. The van der Waals surface area contributed by atoms with Gasteiger partial charge in [0.25, 0.3) is 0 Å². The van der Waals surface area contributed by atoms with Crippen molar-refractivity contribution in [2.45, 2.75) is 6.92 Å². The van der Waals surface area contributed by atoms with Crippen LogP contribution in [0.5, 0.6) is 0 Å². The normalized spacial score (nSPS) is 13.9. The molecule has 0 N–H and O–H groups in total. The predicted molar refractivity (Wildman–Crippen MR) is 111 cm³/mol. The van der Waals surface area contributed by atoms with Gasteiger partial charge < -0.3 is 19.5 Å². The second-order valence-corrected chi connectivity index (χ2v) is 6.83. The van der Waals surface area contributed by atoms with E-state index < -0.39 is 12.1 Å². The first-order valence-electron chi connectivity index (χ1n) is 10.0. The Morgan fingerprint density at radius 3 is 2.39 bits per heavy atom. The summed E-state index contributed by atoms with van der Waals surface area (Å²) < 4.78 is 5.40. The maximum Gasteiger partial charge on any atom is 1.00 e. The molecule has 160 valence electrons.